The maximum Gasteiger partial charge on any atom is 0.221 e. The second-order valence-corrected chi connectivity index (χ2v) is 5.48. The van der Waals surface area contributed by atoms with Gasteiger partial charge in [-0.2, -0.15) is 0 Å². The zero-order valence-corrected chi connectivity index (χ0v) is 12.4. The number of H-pyrrole nitrogens is 1. The minimum atomic E-state index is 0.0216. The molecular formula is C13H16ClN3OS. The number of amides is 1. The highest BCUT2D eigenvalue weighted by Crippen LogP contribution is 2.22. The van der Waals surface area contributed by atoms with Crippen molar-refractivity contribution in [1.82, 2.24) is 14.9 Å². The summed E-state index contributed by atoms with van der Waals surface area (Å²) in [5, 5.41) is 3.49. The van der Waals surface area contributed by atoms with Crippen molar-refractivity contribution < 1.29 is 4.79 Å². The molecule has 2 N–H and O–H groups in total. The molecule has 19 heavy (non-hydrogen) atoms. The molecule has 0 aliphatic carbocycles. The molecule has 0 spiro atoms. The first-order valence-corrected chi connectivity index (χ1v) is 6.94. The highest BCUT2D eigenvalue weighted by Gasteiger charge is 2.09. The molecule has 0 atom stereocenters. The van der Waals surface area contributed by atoms with Gasteiger partial charge in [-0.3, -0.25) is 4.79 Å². The number of halogens is 1. The number of aromatic amines is 1. The number of hydrogen-bond acceptors (Lipinski definition) is 2. The van der Waals surface area contributed by atoms with Crippen molar-refractivity contribution in [1.29, 1.82) is 0 Å². The Bertz CT molecular complexity index is 659. The van der Waals surface area contributed by atoms with E-state index in [1.54, 1.807) is 0 Å². The molecule has 0 unspecified atom stereocenters. The standard InChI is InChI=1S/C13H16ClN3OS/c1-8(2)15-11(18)6-7-17-10-5-3-4-9(14)12(10)16-13(17)19/h3-5,8H,6-7H2,1-2H3,(H,15,18)(H,16,19). The summed E-state index contributed by atoms with van der Waals surface area (Å²) < 4.78 is 2.48. The van der Waals surface area contributed by atoms with Crippen LogP contribution in [0, 0.1) is 4.77 Å². The fourth-order valence-corrected chi connectivity index (χ4v) is 2.48. The van der Waals surface area contributed by atoms with Crippen molar-refractivity contribution in [3.63, 3.8) is 0 Å². The van der Waals surface area contributed by atoms with E-state index in [1.807, 2.05) is 36.6 Å². The zero-order chi connectivity index (χ0) is 14.0. The normalized spacial score (nSPS) is 11.2. The van der Waals surface area contributed by atoms with Crippen LogP contribution in [0.4, 0.5) is 0 Å². The van der Waals surface area contributed by atoms with Gasteiger partial charge in [0.1, 0.15) is 0 Å². The first-order valence-electron chi connectivity index (χ1n) is 6.15. The number of carbonyl (C=O) groups excluding carboxylic acids is 1. The van der Waals surface area contributed by atoms with Crippen LogP contribution in [0.3, 0.4) is 0 Å². The second kappa shape index (κ2) is 5.75. The number of para-hydroxylation sites is 1. The molecule has 4 nitrogen and oxygen atoms in total. The molecule has 0 aliphatic heterocycles. The number of aryl methyl sites for hydroxylation is 1. The van der Waals surface area contributed by atoms with Crippen molar-refractivity contribution in [3.05, 3.63) is 28.0 Å². The number of aromatic nitrogens is 2. The highest BCUT2D eigenvalue weighted by atomic mass is 35.5. The molecule has 1 aromatic carbocycles. The molecule has 1 amide bonds. The van der Waals surface area contributed by atoms with Gasteiger partial charge in [-0.15, -0.1) is 0 Å². The summed E-state index contributed by atoms with van der Waals surface area (Å²) in [5.74, 6) is 0.0216. The summed E-state index contributed by atoms with van der Waals surface area (Å²) in [6.45, 7) is 4.42. The Morgan fingerprint density at radius 3 is 2.95 bits per heavy atom. The summed E-state index contributed by atoms with van der Waals surface area (Å²) in [6.07, 6.45) is 0.395. The molecule has 0 aliphatic rings. The maximum atomic E-state index is 11.7. The van der Waals surface area contributed by atoms with Crippen molar-refractivity contribution >= 4 is 40.8 Å². The Labute approximate surface area is 121 Å². The van der Waals surface area contributed by atoms with Crippen LogP contribution in [0.15, 0.2) is 18.2 Å². The molecule has 0 fully saturated rings. The largest absolute Gasteiger partial charge is 0.354 e. The van der Waals surface area contributed by atoms with Crippen molar-refractivity contribution in [2.24, 2.45) is 0 Å². The van der Waals surface area contributed by atoms with Gasteiger partial charge in [0, 0.05) is 19.0 Å². The third-order valence-corrected chi connectivity index (χ3v) is 3.41. The molecule has 0 radical (unpaired) electrons. The van der Waals surface area contributed by atoms with Gasteiger partial charge in [0.2, 0.25) is 5.91 Å². The van der Waals surface area contributed by atoms with E-state index in [2.05, 4.69) is 10.3 Å². The van der Waals surface area contributed by atoms with E-state index in [1.165, 1.54) is 0 Å². The molecule has 6 heteroatoms. The minimum Gasteiger partial charge on any atom is -0.354 e. The fraction of sp³-hybridized carbons (Fsp3) is 0.385. The molecular weight excluding hydrogens is 282 g/mol. The minimum absolute atomic E-state index is 0.0216. The molecule has 2 aromatic rings. The van der Waals surface area contributed by atoms with Crippen LogP contribution in [0.2, 0.25) is 5.02 Å². The van der Waals surface area contributed by atoms with Crippen molar-refractivity contribution in [2.45, 2.75) is 32.9 Å². The van der Waals surface area contributed by atoms with Crippen LogP contribution in [-0.4, -0.2) is 21.5 Å². The van der Waals surface area contributed by atoms with Gasteiger partial charge < -0.3 is 14.9 Å². The molecule has 102 valence electrons. The Hall–Kier alpha value is -1.33. The van der Waals surface area contributed by atoms with Gasteiger partial charge in [0.15, 0.2) is 4.77 Å². The molecule has 2 rings (SSSR count). The first kappa shape index (κ1) is 14.1. The molecule has 0 bridgehead atoms. The Kier molecular flexibility index (Phi) is 4.27. The van der Waals surface area contributed by atoms with E-state index >= 15 is 0 Å². The topological polar surface area (TPSA) is 49.8 Å². The van der Waals surface area contributed by atoms with Crippen LogP contribution in [0.25, 0.3) is 11.0 Å². The quantitative estimate of drug-likeness (QED) is 0.851. The number of rotatable bonds is 4. The molecule has 1 heterocycles. The van der Waals surface area contributed by atoms with Gasteiger partial charge >= 0.3 is 0 Å². The van der Waals surface area contributed by atoms with Crippen LogP contribution in [-0.2, 0) is 11.3 Å². The summed E-state index contributed by atoms with van der Waals surface area (Å²) in [6, 6.07) is 5.77. The lowest BCUT2D eigenvalue weighted by atomic mass is 10.3. The second-order valence-electron chi connectivity index (χ2n) is 4.69. The van der Waals surface area contributed by atoms with Crippen molar-refractivity contribution in [3.8, 4) is 0 Å². The van der Waals surface area contributed by atoms with Crippen LogP contribution < -0.4 is 5.32 Å². The van der Waals surface area contributed by atoms with Crippen LogP contribution in [0.1, 0.15) is 20.3 Å². The van der Waals surface area contributed by atoms with E-state index in [-0.39, 0.29) is 11.9 Å². The number of imidazole rings is 1. The average Bonchev–Trinajstić information content (AvgIpc) is 2.63. The van der Waals surface area contributed by atoms with Crippen LogP contribution in [0.5, 0.6) is 0 Å². The molecule has 1 aromatic heterocycles. The van der Waals surface area contributed by atoms with Gasteiger partial charge in [-0.05, 0) is 38.2 Å². The fourth-order valence-electron chi connectivity index (χ4n) is 1.97. The lowest BCUT2D eigenvalue weighted by Crippen LogP contribution is -2.30. The predicted octanol–water partition coefficient (Wildman–Crippen LogP) is 3.27. The zero-order valence-electron chi connectivity index (χ0n) is 10.9. The van der Waals surface area contributed by atoms with E-state index in [0.29, 0.717) is 22.8 Å². The monoisotopic (exact) mass is 297 g/mol. The third kappa shape index (κ3) is 3.16. The van der Waals surface area contributed by atoms with Crippen molar-refractivity contribution in [2.75, 3.05) is 0 Å². The molecule has 0 saturated carbocycles. The summed E-state index contributed by atoms with van der Waals surface area (Å²) in [4.78, 5) is 14.7. The van der Waals surface area contributed by atoms with Gasteiger partial charge in [-0.25, -0.2) is 0 Å². The van der Waals surface area contributed by atoms with Gasteiger partial charge in [0.25, 0.3) is 0 Å². The van der Waals surface area contributed by atoms with E-state index in [9.17, 15) is 4.79 Å². The smallest absolute Gasteiger partial charge is 0.221 e. The number of benzene rings is 1. The number of hydrogen-bond donors (Lipinski definition) is 2. The Morgan fingerprint density at radius 2 is 2.26 bits per heavy atom. The van der Waals surface area contributed by atoms with E-state index < -0.39 is 0 Å². The maximum absolute atomic E-state index is 11.7. The summed E-state index contributed by atoms with van der Waals surface area (Å²) >= 11 is 11.4. The Balaban J connectivity index is 2.22. The summed E-state index contributed by atoms with van der Waals surface area (Å²) in [5.41, 5.74) is 1.74. The van der Waals surface area contributed by atoms with Gasteiger partial charge in [0.05, 0.1) is 16.1 Å². The van der Waals surface area contributed by atoms with Crippen LogP contribution >= 0.6 is 23.8 Å². The Morgan fingerprint density at radius 1 is 1.53 bits per heavy atom. The van der Waals surface area contributed by atoms with E-state index in [4.69, 9.17) is 23.8 Å². The lowest BCUT2D eigenvalue weighted by Gasteiger charge is -2.09. The van der Waals surface area contributed by atoms with Gasteiger partial charge in [-0.1, -0.05) is 17.7 Å². The first-order chi connectivity index (χ1) is 8.99. The predicted molar refractivity (Wildman–Crippen MR) is 80.0 cm³/mol. The SMILES string of the molecule is CC(C)NC(=O)CCn1c(=S)[nH]c2c(Cl)cccc21. The number of carbonyl (C=O) groups is 1. The third-order valence-electron chi connectivity index (χ3n) is 2.77. The highest BCUT2D eigenvalue weighted by molar-refractivity contribution is 7.71. The molecule has 0 saturated heterocycles. The lowest BCUT2D eigenvalue weighted by molar-refractivity contribution is -0.121. The van der Waals surface area contributed by atoms with E-state index in [0.717, 1.165) is 11.0 Å². The number of nitrogens with zero attached hydrogens (tertiary/aromatic N) is 1. The number of nitrogens with one attached hydrogen (secondary N) is 2. The average molecular weight is 298 g/mol. The number of fused-ring (bicyclic) bond motifs is 1. The summed E-state index contributed by atoms with van der Waals surface area (Å²) in [7, 11) is 0.